The maximum atomic E-state index is 12.3. The van der Waals surface area contributed by atoms with E-state index < -0.39 is 6.10 Å². The molecule has 1 atom stereocenters. The van der Waals surface area contributed by atoms with E-state index in [-0.39, 0.29) is 5.91 Å². The smallest absolute Gasteiger partial charge is 0.261 e. The summed E-state index contributed by atoms with van der Waals surface area (Å²) in [5, 5.41) is 2.99. The summed E-state index contributed by atoms with van der Waals surface area (Å²) in [5.74, 6) is 2.60. The van der Waals surface area contributed by atoms with Crippen LogP contribution < -0.4 is 10.1 Å². The van der Waals surface area contributed by atoms with Crippen LogP contribution in [0.1, 0.15) is 30.0 Å². The molecule has 2 aromatic carbocycles. The standard InChI is InChI=1S/C21H27NO2S/c1-4-19(24-20-11-10-16(2)14-17(20)3)21(23)22-12-13-25-15-18-8-6-5-7-9-18/h5-11,14,19H,4,12-13,15H2,1-3H3,(H,22,23). The second-order valence-corrected chi connectivity index (χ2v) is 7.22. The number of nitrogens with one attached hydrogen (secondary N) is 1. The molecule has 0 aromatic heterocycles. The highest BCUT2D eigenvalue weighted by Gasteiger charge is 2.18. The van der Waals surface area contributed by atoms with Crippen molar-refractivity contribution in [2.45, 2.75) is 39.0 Å². The van der Waals surface area contributed by atoms with E-state index in [1.54, 1.807) is 0 Å². The van der Waals surface area contributed by atoms with Crippen molar-refractivity contribution in [1.82, 2.24) is 5.32 Å². The molecule has 0 saturated heterocycles. The Labute approximate surface area is 155 Å². The lowest BCUT2D eigenvalue weighted by molar-refractivity contribution is -0.128. The number of amides is 1. The Balaban J connectivity index is 1.74. The molecule has 0 heterocycles. The molecule has 3 nitrogen and oxygen atoms in total. The molecule has 0 fully saturated rings. The van der Waals surface area contributed by atoms with Gasteiger partial charge in [0.05, 0.1) is 0 Å². The summed E-state index contributed by atoms with van der Waals surface area (Å²) < 4.78 is 5.92. The highest BCUT2D eigenvalue weighted by atomic mass is 32.2. The van der Waals surface area contributed by atoms with Gasteiger partial charge in [-0.1, -0.05) is 55.0 Å². The molecule has 0 bridgehead atoms. The number of aryl methyl sites for hydroxylation is 2. The molecular weight excluding hydrogens is 330 g/mol. The molecule has 0 aliphatic heterocycles. The van der Waals surface area contributed by atoms with Crippen molar-refractivity contribution in [2.75, 3.05) is 12.3 Å². The summed E-state index contributed by atoms with van der Waals surface area (Å²) in [6.07, 6.45) is 0.205. The largest absolute Gasteiger partial charge is 0.480 e. The molecule has 0 radical (unpaired) electrons. The van der Waals surface area contributed by atoms with E-state index in [0.29, 0.717) is 13.0 Å². The zero-order valence-electron chi connectivity index (χ0n) is 15.2. The summed E-state index contributed by atoms with van der Waals surface area (Å²) in [7, 11) is 0. The van der Waals surface area contributed by atoms with Crippen molar-refractivity contribution < 1.29 is 9.53 Å². The zero-order valence-corrected chi connectivity index (χ0v) is 16.1. The Morgan fingerprint density at radius 1 is 1.16 bits per heavy atom. The van der Waals surface area contributed by atoms with Gasteiger partial charge >= 0.3 is 0 Å². The van der Waals surface area contributed by atoms with Gasteiger partial charge in [-0.05, 0) is 37.5 Å². The Kier molecular flexibility index (Phi) is 7.86. The Bertz CT molecular complexity index is 673. The van der Waals surface area contributed by atoms with Crippen LogP contribution in [0.25, 0.3) is 0 Å². The number of carbonyl (C=O) groups excluding carboxylic acids is 1. The summed E-state index contributed by atoms with van der Waals surface area (Å²) in [4.78, 5) is 12.3. The summed E-state index contributed by atoms with van der Waals surface area (Å²) in [6, 6.07) is 16.4. The van der Waals surface area contributed by atoms with Gasteiger partial charge in [-0.15, -0.1) is 0 Å². The second-order valence-electron chi connectivity index (χ2n) is 6.11. The van der Waals surface area contributed by atoms with Crippen LogP contribution in [-0.4, -0.2) is 24.3 Å². The minimum absolute atomic E-state index is 0.0391. The maximum absolute atomic E-state index is 12.3. The van der Waals surface area contributed by atoms with Crippen molar-refractivity contribution in [3.63, 3.8) is 0 Å². The SMILES string of the molecule is CCC(Oc1ccc(C)cc1C)C(=O)NCCSCc1ccccc1. The number of rotatable bonds is 9. The van der Waals surface area contributed by atoms with Crippen molar-refractivity contribution in [1.29, 1.82) is 0 Å². The van der Waals surface area contributed by atoms with E-state index in [1.807, 2.05) is 62.9 Å². The minimum Gasteiger partial charge on any atom is -0.480 e. The van der Waals surface area contributed by atoms with E-state index in [2.05, 4.69) is 23.5 Å². The van der Waals surface area contributed by atoms with Gasteiger partial charge in [-0.3, -0.25) is 4.79 Å². The van der Waals surface area contributed by atoms with Crippen LogP contribution in [0.4, 0.5) is 0 Å². The first kappa shape index (κ1) is 19.4. The van der Waals surface area contributed by atoms with Gasteiger partial charge in [-0.2, -0.15) is 11.8 Å². The van der Waals surface area contributed by atoms with Gasteiger partial charge in [0, 0.05) is 18.1 Å². The fraction of sp³-hybridized carbons (Fsp3) is 0.381. The van der Waals surface area contributed by atoms with Gasteiger partial charge in [0.2, 0.25) is 0 Å². The Hall–Kier alpha value is -1.94. The third kappa shape index (κ3) is 6.46. The highest BCUT2D eigenvalue weighted by molar-refractivity contribution is 7.98. The highest BCUT2D eigenvalue weighted by Crippen LogP contribution is 2.21. The molecule has 1 amide bonds. The third-order valence-corrected chi connectivity index (χ3v) is 4.95. The van der Waals surface area contributed by atoms with E-state index in [0.717, 1.165) is 22.8 Å². The lowest BCUT2D eigenvalue weighted by Crippen LogP contribution is -2.39. The van der Waals surface area contributed by atoms with Gasteiger partial charge in [-0.25, -0.2) is 0 Å². The second kappa shape index (κ2) is 10.1. The average molecular weight is 358 g/mol. The monoisotopic (exact) mass is 357 g/mol. The summed E-state index contributed by atoms with van der Waals surface area (Å²) in [5.41, 5.74) is 3.56. The predicted molar refractivity (Wildman–Crippen MR) is 106 cm³/mol. The van der Waals surface area contributed by atoms with Crippen LogP contribution in [0.5, 0.6) is 5.75 Å². The lowest BCUT2D eigenvalue weighted by Gasteiger charge is -2.19. The average Bonchev–Trinajstić information content (AvgIpc) is 2.61. The Morgan fingerprint density at radius 2 is 1.92 bits per heavy atom. The molecular formula is C21H27NO2S. The number of hydrogen-bond donors (Lipinski definition) is 1. The van der Waals surface area contributed by atoms with Gasteiger partial charge in [0.1, 0.15) is 5.75 Å². The summed E-state index contributed by atoms with van der Waals surface area (Å²) in [6.45, 7) is 6.68. The molecule has 25 heavy (non-hydrogen) atoms. The zero-order chi connectivity index (χ0) is 18.1. The summed E-state index contributed by atoms with van der Waals surface area (Å²) >= 11 is 1.82. The van der Waals surface area contributed by atoms with Crippen molar-refractivity contribution in [3.8, 4) is 5.75 Å². The first-order valence-electron chi connectivity index (χ1n) is 8.73. The van der Waals surface area contributed by atoms with Crippen LogP contribution in [0.3, 0.4) is 0 Å². The molecule has 1 N–H and O–H groups in total. The minimum atomic E-state index is -0.444. The maximum Gasteiger partial charge on any atom is 0.261 e. The van der Waals surface area contributed by atoms with Crippen LogP contribution in [0.15, 0.2) is 48.5 Å². The molecule has 0 aliphatic rings. The predicted octanol–water partition coefficient (Wildman–Crippen LogP) is 4.51. The number of carbonyl (C=O) groups is 1. The molecule has 2 rings (SSSR count). The van der Waals surface area contributed by atoms with E-state index >= 15 is 0 Å². The quantitative estimate of drug-likeness (QED) is 0.671. The number of benzene rings is 2. The fourth-order valence-electron chi connectivity index (χ4n) is 2.53. The lowest BCUT2D eigenvalue weighted by atomic mass is 10.1. The van der Waals surface area contributed by atoms with Gasteiger partial charge in [0.25, 0.3) is 5.91 Å². The van der Waals surface area contributed by atoms with Crippen LogP contribution in [0.2, 0.25) is 0 Å². The van der Waals surface area contributed by atoms with Crippen molar-refractivity contribution >= 4 is 17.7 Å². The number of ether oxygens (including phenoxy) is 1. The topological polar surface area (TPSA) is 38.3 Å². The molecule has 2 aromatic rings. The number of hydrogen-bond acceptors (Lipinski definition) is 3. The van der Waals surface area contributed by atoms with E-state index in [4.69, 9.17) is 4.74 Å². The molecule has 0 spiro atoms. The van der Waals surface area contributed by atoms with Gasteiger partial charge < -0.3 is 10.1 Å². The number of thioether (sulfide) groups is 1. The van der Waals surface area contributed by atoms with E-state index in [9.17, 15) is 4.79 Å². The first-order valence-corrected chi connectivity index (χ1v) is 9.89. The normalized spacial score (nSPS) is 11.8. The third-order valence-electron chi connectivity index (χ3n) is 3.92. The molecule has 134 valence electrons. The molecule has 0 saturated carbocycles. The van der Waals surface area contributed by atoms with Gasteiger partial charge in [0.15, 0.2) is 6.10 Å². The van der Waals surface area contributed by atoms with E-state index in [1.165, 1.54) is 11.1 Å². The Morgan fingerprint density at radius 3 is 2.60 bits per heavy atom. The van der Waals surface area contributed by atoms with Crippen LogP contribution in [-0.2, 0) is 10.5 Å². The van der Waals surface area contributed by atoms with Crippen molar-refractivity contribution in [2.24, 2.45) is 0 Å². The fourth-order valence-corrected chi connectivity index (χ4v) is 3.35. The van der Waals surface area contributed by atoms with Crippen molar-refractivity contribution in [3.05, 3.63) is 65.2 Å². The molecule has 0 aliphatic carbocycles. The molecule has 1 unspecified atom stereocenters. The first-order chi connectivity index (χ1) is 12.1. The van der Waals surface area contributed by atoms with Crippen LogP contribution >= 0.6 is 11.8 Å². The molecule has 4 heteroatoms. The van der Waals surface area contributed by atoms with Crippen LogP contribution in [0, 0.1) is 13.8 Å².